The van der Waals surface area contributed by atoms with E-state index in [9.17, 15) is 10.1 Å². The van der Waals surface area contributed by atoms with E-state index in [1.165, 1.54) is 30.6 Å². The Morgan fingerprint density at radius 2 is 2.30 bits per heavy atom. The molecule has 8 nitrogen and oxygen atoms in total. The number of aromatic nitrogens is 1. The Bertz CT molecular complexity index is 695. The zero-order valence-electron chi connectivity index (χ0n) is 9.93. The fourth-order valence-electron chi connectivity index (χ4n) is 1.25. The lowest BCUT2D eigenvalue weighted by Crippen LogP contribution is -2.14. The van der Waals surface area contributed by atoms with Gasteiger partial charge in [0.25, 0.3) is 0 Å². The van der Waals surface area contributed by atoms with Crippen molar-refractivity contribution in [3.05, 3.63) is 57.1 Å². The summed E-state index contributed by atoms with van der Waals surface area (Å²) in [5, 5.41) is 18.2. The summed E-state index contributed by atoms with van der Waals surface area (Å²) in [7, 11) is 0. The number of hydrogen-bond acceptors (Lipinski definition) is 6. The topological polar surface area (TPSA) is 120 Å². The first-order valence-corrected chi connectivity index (χ1v) is 5.66. The smallest absolute Gasteiger partial charge is 0.400 e. The van der Waals surface area contributed by atoms with Crippen molar-refractivity contribution in [2.24, 2.45) is 15.9 Å². The second-order valence-electron chi connectivity index (χ2n) is 3.52. The van der Waals surface area contributed by atoms with E-state index in [2.05, 4.69) is 15.2 Å². The van der Waals surface area contributed by atoms with Crippen LogP contribution in [0.5, 0.6) is 0 Å². The minimum atomic E-state index is -0.648. The van der Waals surface area contributed by atoms with Gasteiger partial charge in [-0.15, -0.1) is 5.10 Å². The molecule has 2 rings (SSSR count). The first-order valence-electron chi connectivity index (χ1n) is 5.29. The molecule has 0 unspecified atom stereocenters. The Kier molecular flexibility index (Phi) is 4.06. The highest BCUT2D eigenvalue weighted by atomic mass is 35.5. The van der Waals surface area contributed by atoms with Gasteiger partial charge < -0.3 is 10.2 Å². The maximum Gasteiger partial charge on any atom is 0.433 e. The largest absolute Gasteiger partial charge is 0.433 e. The predicted molar refractivity (Wildman–Crippen MR) is 72.9 cm³/mol. The fraction of sp³-hybridized carbons (Fsp3) is 0. The number of amidine groups is 1. The molecular weight excluding hydrogens is 286 g/mol. The van der Waals surface area contributed by atoms with Gasteiger partial charge in [-0.1, -0.05) is 11.6 Å². The molecule has 0 saturated heterocycles. The van der Waals surface area contributed by atoms with Crippen molar-refractivity contribution in [2.75, 3.05) is 0 Å². The van der Waals surface area contributed by atoms with E-state index in [1.807, 2.05) is 0 Å². The van der Waals surface area contributed by atoms with Crippen LogP contribution in [0, 0.1) is 10.1 Å². The van der Waals surface area contributed by atoms with Crippen molar-refractivity contribution in [1.82, 2.24) is 4.98 Å². The number of nitrogens with zero attached hydrogens (tertiary/aromatic N) is 4. The molecule has 0 radical (unpaired) electrons. The lowest BCUT2D eigenvalue weighted by molar-refractivity contribution is -0.402. The molecule has 0 aromatic carbocycles. The minimum Gasteiger partial charge on any atom is -0.400 e. The molecule has 2 N–H and O–H groups in total. The van der Waals surface area contributed by atoms with Crippen molar-refractivity contribution >= 4 is 29.5 Å². The lowest BCUT2D eigenvalue weighted by Gasteiger charge is -1.97. The van der Waals surface area contributed by atoms with Crippen molar-refractivity contribution < 1.29 is 9.34 Å². The summed E-state index contributed by atoms with van der Waals surface area (Å²) >= 11 is 5.78. The molecule has 2 aromatic rings. The van der Waals surface area contributed by atoms with Crippen molar-refractivity contribution in [3.8, 4) is 0 Å². The maximum absolute atomic E-state index is 10.4. The number of rotatable bonds is 4. The third-order valence-corrected chi connectivity index (χ3v) is 2.36. The first-order chi connectivity index (χ1) is 9.56. The molecule has 0 aliphatic rings. The third-order valence-electron chi connectivity index (χ3n) is 2.13. The predicted octanol–water partition coefficient (Wildman–Crippen LogP) is 1.98. The minimum absolute atomic E-state index is 0.0600. The Morgan fingerprint density at radius 3 is 2.95 bits per heavy atom. The number of nitrogens with two attached hydrogens (primary N) is 1. The van der Waals surface area contributed by atoms with Gasteiger partial charge in [-0.3, -0.25) is 15.1 Å². The highest BCUT2D eigenvalue weighted by molar-refractivity contribution is 6.30. The molecule has 0 spiro atoms. The van der Waals surface area contributed by atoms with Crippen molar-refractivity contribution in [3.63, 3.8) is 0 Å². The quantitative estimate of drug-likeness (QED) is 0.400. The summed E-state index contributed by atoms with van der Waals surface area (Å²) in [5.41, 5.74) is 6.03. The second-order valence-corrected chi connectivity index (χ2v) is 3.96. The fourth-order valence-corrected chi connectivity index (χ4v) is 1.41. The van der Waals surface area contributed by atoms with E-state index >= 15 is 0 Å². The van der Waals surface area contributed by atoms with E-state index in [0.717, 1.165) is 0 Å². The van der Waals surface area contributed by atoms with E-state index in [4.69, 9.17) is 21.8 Å². The van der Waals surface area contributed by atoms with Gasteiger partial charge in [0.2, 0.25) is 0 Å². The molecule has 0 aliphatic carbocycles. The van der Waals surface area contributed by atoms with Crippen LogP contribution in [0.25, 0.3) is 0 Å². The zero-order chi connectivity index (χ0) is 14.5. The number of furan rings is 1. The van der Waals surface area contributed by atoms with Gasteiger partial charge >= 0.3 is 5.88 Å². The van der Waals surface area contributed by atoms with Crippen LogP contribution < -0.4 is 5.73 Å². The molecule has 0 amide bonds. The molecule has 0 saturated carbocycles. The number of hydrogen-bond donors (Lipinski definition) is 1. The van der Waals surface area contributed by atoms with Crippen LogP contribution in [-0.4, -0.2) is 22.0 Å². The third kappa shape index (κ3) is 3.39. The summed E-state index contributed by atoms with van der Waals surface area (Å²) in [6, 6.07) is 5.75. The molecule has 2 aromatic heterocycles. The van der Waals surface area contributed by atoms with E-state index < -0.39 is 4.92 Å². The maximum atomic E-state index is 10.4. The van der Waals surface area contributed by atoms with E-state index in [1.54, 1.807) is 6.07 Å². The first kappa shape index (κ1) is 13.7. The van der Waals surface area contributed by atoms with Crippen LogP contribution in [0.3, 0.4) is 0 Å². The molecule has 0 aliphatic heterocycles. The van der Waals surface area contributed by atoms with Crippen LogP contribution in [0.15, 0.2) is 45.1 Å². The van der Waals surface area contributed by atoms with Gasteiger partial charge in [0.15, 0.2) is 11.6 Å². The normalized spacial score (nSPS) is 11.9. The highest BCUT2D eigenvalue weighted by Crippen LogP contribution is 2.13. The number of nitro groups is 1. The van der Waals surface area contributed by atoms with Crippen LogP contribution >= 0.6 is 11.6 Å². The molecule has 9 heteroatoms. The summed E-state index contributed by atoms with van der Waals surface area (Å²) in [5.74, 6) is -0.128. The van der Waals surface area contributed by atoms with Gasteiger partial charge in [0, 0.05) is 11.2 Å². The standard InChI is InChI=1S/C11H8ClN5O3/c12-7-3-4-14-9(5-7)11(13)16-15-6-8-1-2-10(20-8)17(18)19/h1-6H,(H2,13,16)/b15-6+. The van der Waals surface area contributed by atoms with Crippen LogP contribution in [0.2, 0.25) is 5.02 Å². The monoisotopic (exact) mass is 293 g/mol. The van der Waals surface area contributed by atoms with Crippen molar-refractivity contribution in [2.45, 2.75) is 0 Å². The molecule has 20 heavy (non-hydrogen) atoms. The van der Waals surface area contributed by atoms with Gasteiger partial charge in [-0.2, -0.15) is 5.10 Å². The average Bonchev–Trinajstić information content (AvgIpc) is 2.87. The Labute approximate surface area is 117 Å². The van der Waals surface area contributed by atoms with Crippen LogP contribution in [0.4, 0.5) is 5.88 Å². The summed E-state index contributed by atoms with van der Waals surface area (Å²) in [4.78, 5) is 13.7. The van der Waals surface area contributed by atoms with E-state index in [-0.39, 0.29) is 17.5 Å². The number of halogens is 1. The molecule has 0 fully saturated rings. The molecule has 2 heterocycles. The summed E-state index contributed by atoms with van der Waals surface area (Å²) in [6.45, 7) is 0. The Hall–Kier alpha value is -2.74. The van der Waals surface area contributed by atoms with Gasteiger partial charge in [-0.05, 0) is 18.2 Å². The molecule has 0 bridgehead atoms. The van der Waals surface area contributed by atoms with Gasteiger partial charge in [0.1, 0.15) is 10.6 Å². The zero-order valence-corrected chi connectivity index (χ0v) is 10.7. The van der Waals surface area contributed by atoms with Gasteiger partial charge in [-0.25, -0.2) is 0 Å². The van der Waals surface area contributed by atoms with Crippen molar-refractivity contribution in [1.29, 1.82) is 0 Å². The SMILES string of the molecule is N/C(=N\N=C\c1ccc([N+](=O)[O-])o1)c1cc(Cl)ccn1. The molecule has 102 valence electrons. The van der Waals surface area contributed by atoms with Crippen LogP contribution in [0.1, 0.15) is 11.5 Å². The molecular formula is C11H8ClN5O3. The summed E-state index contributed by atoms with van der Waals surface area (Å²) < 4.78 is 4.86. The van der Waals surface area contributed by atoms with E-state index in [0.29, 0.717) is 10.7 Å². The lowest BCUT2D eigenvalue weighted by atomic mass is 10.3. The summed E-state index contributed by atoms with van der Waals surface area (Å²) in [6.07, 6.45) is 2.68. The van der Waals surface area contributed by atoms with Crippen LogP contribution in [-0.2, 0) is 0 Å². The highest BCUT2D eigenvalue weighted by Gasteiger charge is 2.10. The molecule has 0 atom stereocenters. The Balaban J connectivity index is 2.11. The second kappa shape index (κ2) is 5.93. The number of pyridine rings is 1. The van der Waals surface area contributed by atoms with Gasteiger partial charge in [0.05, 0.1) is 12.3 Å². The Morgan fingerprint density at radius 1 is 1.50 bits per heavy atom. The average molecular weight is 294 g/mol.